The lowest BCUT2D eigenvalue weighted by atomic mass is 10.2. The highest BCUT2D eigenvalue weighted by atomic mass is 19.1. The molecule has 0 fully saturated rings. The molecule has 26 heavy (non-hydrogen) atoms. The van der Waals surface area contributed by atoms with Crippen molar-refractivity contribution in [1.29, 1.82) is 0 Å². The van der Waals surface area contributed by atoms with Crippen LogP contribution in [0.15, 0.2) is 60.8 Å². The standard InChI is InChI=1S/C20H21FN4O/c1-23(2)17-8-4-15(5-9-17)14-24(3)20(26)19-12-13-25(22-19)18-10-6-16(21)7-11-18/h4-13H,14H2,1-3H3. The highest BCUT2D eigenvalue weighted by molar-refractivity contribution is 5.92. The molecule has 0 bridgehead atoms. The molecule has 0 aliphatic heterocycles. The lowest BCUT2D eigenvalue weighted by Crippen LogP contribution is -2.26. The fourth-order valence-corrected chi connectivity index (χ4v) is 2.62. The summed E-state index contributed by atoms with van der Waals surface area (Å²) in [5.41, 5.74) is 3.21. The predicted octanol–water partition coefficient (Wildman–Crippen LogP) is 3.35. The van der Waals surface area contributed by atoms with Crippen LogP contribution in [0.2, 0.25) is 0 Å². The fourth-order valence-electron chi connectivity index (χ4n) is 2.62. The molecule has 6 heteroatoms. The molecule has 2 aromatic carbocycles. The number of carbonyl (C=O) groups is 1. The molecule has 0 N–H and O–H groups in total. The molecular formula is C20H21FN4O. The van der Waals surface area contributed by atoms with E-state index >= 15 is 0 Å². The number of amides is 1. The van der Waals surface area contributed by atoms with Gasteiger partial charge in [0.2, 0.25) is 0 Å². The predicted molar refractivity (Wildman–Crippen MR) is 100 cm³/mol. The van der Waals surface area contributed by atoms with E-state index in [1.807, 2.05) is 43.3 Å². The summed E-state index contributed by atoms with van der Waals surface area (Å²) in [6, 6.07) is 15.7. The van der Waals surface area contributed by atoms with Gasteiger partial charge in [0, 0.05) is 39.6 Å². The Balaban J connectivity index is 1.69. The minimum atomic E-state index is -0.308. The lowest BCUT2D eigenvalue weighted by Gasteiger charge is -2.17. The maximum Gasteiger partial charge on any atom is 0.274 e. The molecule has 1 aromatic heterocycles. The highest BCUT2D eigenvalue weighted by Crippen LogP contribution is 2.15. The number of hydrogen-bond acceptors (Lipinski definition) is 3. The van der Waals surface area contributed by atoms with Crippen molar-refractivity contribution in [2.24, 2.45) is 0 Å². The van der Waals surface area contributed by atoms with Crippen LogP contribution in [0, 0.1) is 5.82 Å². The van der Waals surface area contributed by atoms with Gasteiger partial charge in [-0.05, 0) is 48.0 Å². The molecule has 3 aromatic rings. The SMILES string of the molecule is CN(Cc1ccc(N(C)C)cc1)C(=O)c1ccn(-c2ccc(F)cc2)n1. The van der Waals surface area contributed by atoms with E-state index in [1.54, 1.807) is 41.0 Å². The first-order valence-corrected chi connectivity index (χ1v) is 8.27. The van der Waals surface area contributed by atoms with Crippen molar-refractivity contribution in [2.45, 2.75) is 6.54 Å². The van der Waals surface area contributed by atoms with E-state index < -0.39 is 0 Å². The van der Waals surface area contributed by atoms with Crippen molar-refractivity contribution in [3.8, 4) is 5.69 Å². The van der Waals surface area contributed by atoms with Crippen LogP contribution in [0.3, 0.4) is 0 Å². The smallest absolute Gasteiger partial charge is 0.274 e. The molecule has 0 atom stereocenters. The molecular weight excluding hydrogens is 331 g/mol. The van der Waals surface area contributed by atoms with Crippen LogP contribution < -0.4 is 4.90 Å². The third-order valence-electron chi connectivity index (χ3n) is 4.12. The van der Waals surface area contributed by atoms with Crippen molar-refractivity contribution in [1.82, 2.24) is 14.7 Å². The first kappa shape index (κ1) is 17.7. The van der Waals surface area contributed by atoms with Crippen LogP contribution in [-0.2, 0) is 6.54 Å². The normalized spacial score (nSPS) is 10.6. The fraction of sp³-hybridized carbons (Fsp3) is 0.200. The quantitative estimate of drug-likeness (QED) is 0.707. The molecule has 0 aliphatic rings. The van der Waals surface area contributed by atoms with E-state index in [-0.39, 0.29) is 11.7 Å². The van der Waals surface area contributed by atoms with Gasteiger partial charge >= 0.3 is 0 Å². The second-order valence-electron chi connectivity index (χ2n) is 6.34. The summed E-state index contributed by atoms with van der Waals surface area (Å²) in [4.78, 5) is 16.3. The van der Waals surface area contributed by atoms with E-state index in [2.05, 4.69) is 5.10 Å². The molecule has 1 amide bonds. The lowest BCUT2D eigenvalue weighted by molar-refractivity contribution is 0.0779. The Morgan fingerprint density at radius 3 is 2.27 bits per heavy atom. The first-order valence-electron chi connectivity index (χ1n) is 8.27. The van der Waals surface area contributed by atoms with Gasteiger partial charge in [0.25, 0.3) is 5.91 Å². The Kier molecular flexibility index (Phi) is 5.02. The highest BCUT2D eigenvalue weighted by Gasteiger charge is 2.15. The Labute approximate surface area is 152 Å². The maximum atomic E-state index is 13.0. The van der Waals surface area contributed by atoms with Crippen molar-refractivity contribution in [3.05, 3.63) is 77.9 Å². The molecule has 0 saturated carbocycles. The van der Waals surface area contributed by atoms with Gasteiger partial charge in [0.15, 0.2) is 5.69 Å². The largest absolute Gasteiger partial charge is 0.378 e. The van der Waals surface area contributed by atoms with Gasteiger partial charge in [-0.2, -0.15) is 5.10 Å². The Bertz CT molecular complexity index is 885. The summed E-state index contributed by atoms with van der Waals surface area (Å²) in [6.45, 7) is 0.496. The summed E-state index contributed by atoms with van der Waals surface area (Å²) in [5.74, 6) is -0.472. The number of anilines is 1. The minimum absolute atomic E-state index is 0.164. The number of nitrogens with zero attached hydrogens (tertiary/aromatic N) is 4. The number of aromatic nitrogens is 2. The molecule has 5 nitrogen and oxygen atoms in total. The van der Waals surface area contributed by atoms with Gasteiger partial charge < -0.3 is 9.80 Å². The Hall–Kier alpha value is -3.15. The third-order valence-corrected chi connectivity index (χ3v) is 4.12. The van der Waals surface area contributed by atoms with E-state index in [0.717, 1.165) is 11.3 Å². The second-order valence-corrected chi connectivity index (χ2v) is 6.34. The van der Waals surface area contributed by atoms with Gasteiger partial charge in [-0.25, -0.2) is 9.07 Å². The average molecular weight is 352 g/mol. The topological polar surface area (TPSA) is 41.4 Å². The minimum Gasteiger partial charge on any atom is -0.378 e. The zero-order valence-electron chi connectivity index (χ0n) is 15.1. The van der Waals surface area contributed by atoms with E-state index in [4.69, 9.17) is 0 Å². The molecule has 134 valence electrons. The Morgan fingerprint density at radius 2 is 1.65 bits per heavy atom. The van der Waals surface area contributed by atoms with Gasteiger partial charge in [0.05, 0.1) is 5.69 Å². The molecule has 0 aliphatic carbocycles. The second kappa shape index (κ2) is 7.39. The molecule has 0 spiro atoms. The molecule has 3 rings (SSSR count). The monoisotopic (exact) mass is 352 g/mol. The molecule has 1 heterocycles. The van der Waals surface area contributed by atoms with E-state index in [9.17, 15) is 9.18 Å². The molecule has 0 saturated heterocycles. The third kappa shape index (κ3) is 3.91. The number of halogens is 1. The molecule has 0 radical (unpaired) electrons. The van der Waals surface area contributed by atoms with Crippen LogP contribution >= 0.6 is 0 Å². The number of benzene rings is 2. The average Bonchev–Trinajstić information content (AvgIpc) is 3.12. The van der Waals surface area contributed by atoms with Crippen molar-refractivity contribution in [2.75, 3.05) is 26.0 Å². The van der Waals surface area contributed by atoms with Crippen LogP contribution in [0.4, 0.5) is 10.1 Å². The number of rotatable bonds is 5. The summed E-state index contributed by atoms with van der Waals surface area (Å²) in [6.07, 6.45) is 1.69. The first-order chi connectivity index (χ1) is 12.4. The maximum absolute atomic E-state index is 13.0. The van der Waals surface area contributed by atoms with Gasteiger partial charge in [0.1, 0.15) is 5.82 Å². The summed E-state index contributed by atoms with van der Waals surface area (Å²) < 4.78 is 14.6. The Morgan fingerprint density at radius 1 is 1.00 bits per heavy atom. The van der Waals surface area contributed by atoms with Crippen LogP contribution in [0.1, 0.15) is 16.1 Å². The summed E-state index contributed by atoms with van der Waals surface area (Å²) in [7, 11) is 5.73. The summed E-state index contributed by atoms with van der Waals surface area (Å²) in [5, 5.41) is 4.31. The zero-order valence-corrected chi connectivity index (χ0v) is 15.1. The van der Waals surface area contributed by atoms with Crippen LogP contribution in [0.5, 0.6) is 0 Å². The van der Waals surface area contributed by atoms with E-state index in [1.165, 1.54) is 12.1 Å². The van der Waals surface area contributed by atoms with Crippen molar-refractivity contribution >= 4 is 11.6 Å². The number of carbonyl (C=O) groups excluding carboxylic acids is 1. The number of hydrogen-bond donors (Lipinski definition) is 0. The van der Waals surface area contributed by atoms with Gasteiger partial charge in [-0.3, -0.25) is 4.79 Å². The zero-order chi connectivity index (χ0) is 18.7. The van der Waals surface area contributed by atoms with Crippen molar-refractivity contribution in [3.63, 3.8) is 0 Å². The molecule has 0 unspecified atom stereocenters. The van der Waals surface area contributed by atoms with Crippen LogP contribution in [0.25, 0.3) is 5.69 Å². The van der Waals surface area contributed by atoms with Gasteiger partial charge in [-0.1, -0.05) is 12.1 Å². The van der Waals surface area contributed by atoms with Crippen molar-refractivity contribution < 1.29 is 9.18 Å². The van der Waals surface area contributed by atoms with Gasteiger partial charge in [-0.15, -0.1) is 0 Å². The summed E-state index contributed by atoms with van der Waals surface area (Å²) >= 11 is 0. The van der Waals surface area contributed by atoms with E-state index in [0.29, 0.717) is 17.9 Å². The van der Waals surface area contributed by atoms with Crippen LogP contribution in [-0.4, -0.2) is 41.7 Å².